The lowest BCUT2D eigenvalue weighted by molar-refractivity contribution is 0.289. The third-order valence-corrected chi connectivity index (χ3v) is 4.50. The minimum atomic E-state index is 0.299. The summed E-state index contributed by atoms with van der Waals surface area (Å²) in [7, 11) is 0. The molecular formula is C20H28O. The molecule has 0 amide bonds. The average Bonchev–Trinajstić information content (AvgIpc) is 2.43. The molecule has 21 heavy (non-hydrogen) atoms. The summed E-state index contributed by atoms with van der Waals surface area (Å²) in [5.74, 6) is 1.55. The van der Waals surface area contributed by atoms with E-state index in [1.54, 1.807) is 6.07 Å². The summed E-state index contributed by atoms with van der Waals surface area (Å²) in [6.07, 6.45) is 2.34. The van der Waals surface area contributed by atoms with Crippen LogP contribution < -0.4 is 0 Å². The third kappa shape index (κ3) is 3.58. The first-order valence-electron chi connectivity index (χ1n) is 8.04. The number of phenols is 1. The highest BCUT2D eigenvalue weighted by molar-refractivity contribution is 5.91. The van der Waals surface area contributed by atoms with Crippen molar-refractivity contribution in [2.75, 3.05) is 0 Å². The van der Waals surface area contributed by atoms with Gasteiger partial charge in [-0.3, -0.25) is 0 Å². The molecule has 0 fully saturated rings. The van der Waals surface area contributed by atoms with Gasteiger partial charge in [-0.2, -0.15) is 0 Å². The molecule has 2 aromatic carbocycles. The molecule has 1 nitrogen and oxygen atoms in total. The fourth-order valence-electron chi connectivity index (χ4n) is 3.20. The molecule has 0 spiro atoms. The maximum Gasteiger partial charge on any atom is 0.123 e. The highest BCUT2D eigenvalue weighted by atomic mass is 16.3. The molecule has 0 radical (unpaired) electrons. The summed E-state index contributed by atoms with van der Waals surface area (Å²) in [6.45, 7) is 11.5. The third-order valence-electron chi connectivity index (χ3n) is 4.50. The summed E-state index contributed by atoms with van der Waals surface area (Å²) >= 11 is 0. The molecule has 0 aliphatic heterocycles. The van der Waals surface area contributed by atoms with Crippen LogP contribution in [-0.4, -0.2) is 5.11 Å². The standard InChI is InChI=1S/C20H28O/c1-6-14(2)18(13-20(3,4)5)16-9-7-11-17-15(16)10-8-12-19(17)21/h7-12,14,18,21H,6,13H2,1-5H3. The highest BCUT2D eigenvalue weighted by Crippen LogP contribution is 2.41. The lowest BCUT2D eigenvalue weighted by atomic mass is 9.74. The van der Waals surface area contributed by atoms with Crippen molar-refractivity contribution in [1.82, 2.24) is 0 Å². The van der Waals surface area contributed by atoms with Gasteiger partial charge in [0.15, 0.2) is 0 Å². The van der Waals surface area contributed by atoms with Gasteiger partial charge < -0.3 is 5.11 Å². The molecule has 0 aromatic heterocycles. The van der Waals surface area contributed by atoms with Crippen LogP contribution in [0.5, 0.6) is 5.75 Å². The van der Waals surface area contributed by atoms with E-state index in [2.05, 4.69) is 52.8 Å². The molecule has 2 aromatic rings. The van der Waals surface area contributed by atoms with Crippen molar-refractivity contribution < 1.29 is 5.11 Å². The van der Waals surface area contributed by atoms with Crippen molar-refractivity contribution in [3.05, 3.63) is 42.0 Å². The minimum Gasteiger partial charge on any atom is -0.507 e. The largest absolute Gasteiger partial charge is 0.507 e. The van der Waals surface area contributed by atoms with Gasteiger partial charge in [-0.05, 0) is 40.7 Å². The van der Waals surface area contributed by atoms with Crippen LogP contribution in [0.15, 0.2) is 36.4 Å². The quantitative estimate of drug-likeness (QED) is 0.718. The van der Waals surface area contributed by atoms with Crippen LogP contribution >= 0.6 is 0 Å². The van der Waals surface area contributed by atoms with E-state index in [1.165, 1.54) is 17.4 Å². The molecule has 0 saturated carbocycles. The second kappa shape index (κ2) is 6.09. The summed E-state index contributed by atoms with van der Waals surface area (Å²) in [4.78, 5) is 0. The molecule has 0 aliphatic rings. The van der Waals surface area contributed by atoms with Gasteiger partial charge in [0.2, 0.25) is 0 Å². The lowest BCUT2D eigenvalue weighted by Crippen LogP contribution is -2.18. The van der Waals surface area contributed by atoms with Crippen molar-refractivity contribution in [2.24, 2.45) is 11.3 Å². The summed E-state index contributed by atoms with van der Waals surface area (Å²) in [5.41, 5.74) is 1.68. The molecular weight excluding hydrogens is 256 g/mol. The molecule has 2 rings (SSSR count). The van der Waals surface area contributed by atoms with Crippen molar-refractivity contribution >= 4 is 10.8 Å². The van der Waals surface area contributed by atoms with E-state index >= 15 is 0 Å². The van der Waals surface area contributed by atoms with E-state index in [0.717, 1.165) is 11.8 Å². The van der Waals surface area contributed by atoms with Crippen LogP contribution in [0.3, 0.4) is 0 Å². The van der Waals surface area contributed by atoms with Gasteiger partial charge >= 0.3 is 0 Å². The molecule has 114 valence electrons. The van der Waals surface area contributed by atoms with E-state index in [1.807, 2.05) is 12.1 Å². The van der Waals surface area contributed by atoms with Crippen molar-refractivity contribution in [1.29, 1.82) is 0 Å². The predicted molar refractivity (Wildman–Crippen MR) is 91.9 cm³/mol. The molecule has 0 aliphatic carbocycles. The van der Waals surface area contributed by atoms with Gasteiger partial charge in [-0.1, -0.05) is 71.4 Å². The zero-order valence-electron chi connectivity index (χ0n) is 14.0. The Kier molecular flexibility index (Phi) is 4.61. The Labute approximate surface area is 129 Å². The Morgan fingerprint density at radius 3 is 2.24 bits per heavy atom. The van der Waals surface area contributed by atoms with E-state index in [0.29, 0.717) is 23.0 Å². The van der Waals surface area contributed by atoms with E-state index in [-0.39, 0.29) is 0 Å². The van der Waals surface area contributed by atoms with Crippen LogP contribution in [0.4, 0.5) is 0 Å². The van der Waals surface area contributed by atoms with Gasteiger partial charge in [0, 0.05) is 5.39 Å². The fraction of sp³-hybridized carbons (Fsp3) is 0.500. The Morgan fingerprint density at radius 2 is 1.62 bits per heavy atom. The Morgan fingerprint density at radius 1 is 1.00 bits per heavy atom. The molecule has 1 heteroatoms. The topological polar surface area (TPSA) is 20.2 Å². The number of fused-ring (bicyclic) bond motifs is 1. The van der Waals surface area contributed by atoms with E-state index in [4.69, 9.17) is 0 Å². The van der Waals surface area contributed by atoms with Crippen LogP contribution in [0, 0.1) is 11.3 Å². The molecule has 0 bridgehead atoms. The van der Waals surface area contributed by atoms with Gasteiger partial charge in [-0.25, -0.2) is 0 Å². The monoisotopic (exact) mass is 284 g/mol. The minimum absolute atomic E-state index is 0.299. The van der Waals surface area contributed by atoms with Gasteiger partial charge in [0.05, 0.1) is 0 Å². The van der Waals surface area contributed by atoms with Crippen molar-refractivity contribution in [3.8, 4) is 5.75 Å². The second-order valence-electron chi connectivity index (χ2n) is 7.48. The van der Waals surface area contributed by atoms with Crippen LogP contribution in [-0.2, 0) is 0 Å². The van der Waals surface area contributed by atoms with Crippen molar-refractivity contribution in [3.63, 3.8) is 0 Å². The normalized spacial score (nSPS) is 15.1. The number of hydrogen-bond donors (Lipinski definition) is 1. The van der Waals surface area contributed by atoms with Crippen LogP contribution in [0.1, 0.15) is 58.9 Å². The average molecular weight is 284 g/mol. The molecule has 2 atom stereocenters. The number of phenolic OH excluding ortho intramolecular Hbond substituents is 1. The Bertz CT molecular complexity index is 607. The first kappa shape index (κ1) is 15.9. The van der Waals surface area contributed by atoms with Crippen LogP contribution in [0.25, 0.3) is 10.8 Å². The smallest absolute Gasteiger partial charge is 0.123 e. The number of hydrogen-bond acceptors (Lipinski definition) is 1. The van der Waals surface area contributed by atoms with Crippen molar-refractivity contribution in [2.45, 2.75) is 53.4 Å². The highest BCUT2D eigenvalue weighted by Gasteiger charge is 2.25. The molecule has 1 N–H and O–H groups in total. The zero-order chi connectivity index (χ0) is 15.6. The number of rotatable bonds is 4. The summed E-state index contributed by atoms with van der Waals surface area (Å²) in [5, 5.41) is 12.3. The SMILES string of the molecule is CCC(C)C(CC(C)(C)C)c1cccc2c(O)cccc12. The fourth-order valence-corrected chi connectivity index (χ4v) is 3.20. The first-order chi connectivity index (χ1) is 9.83. The van der Waals surface area contributed by atoms with Gasteiger partial charge in [0.1, 0.15) is 5.75 Å². The van der Waals surface area contributed by atoms with E-state index < -0.39 is 0 Å². The zero-order valence-corrected chi connectivity index (χ0v) is 14.0. The second-order valence-corrected chi connectivity index (χ2v) is 7.48. The molecule has 2 unspecified atom stereocenters. The summed E-state index contributed by atoms with van der Waals surface area (Å²) < 4.78 is 0. The number of aromatic hydroxyl groups is 1. The predicted octanol–water partition coefficient (Wildman–Crippen LogP) is 6.11. The number of benzene rings is 2. The first-order valence-corrected chi connectivity index (χ1v) is 8.04. The summed E-state index contributed by atoms with van der Waals surface area (Å²) in [6, 6.07) is 12.2. The maximum atomic E-state index is 10.1. The van der Waals surface area contributed by atoms with E-state index in [9.17, 15) is 5.11 Å². The van der Waals surface area contributed by atoms with Gasteiger partial charge in [-0.15, -0.1) is 0 Å². The Hall–Kier alpha value is -1.50. The van der Waals surface area contributed by atoms with Crippen LogP contribution in [0.2, 0.25) is 0 Å². The van der Waals surface area contributed by atoms with Gasteiger partial charge in [0.25, 0.3) is 0 Å². The Balaban J connectivity index is 2.57. The lowest BCUT2D eigenvalue weighted by Gasteiger charge is -2.31. The molecule has 0 saturated heterocycles. The maximum absolute atomic E-state index is 10.1. The molecule has 0 heterocycles.